The molecule has 0 saturated carbocycles. The van der Waals surface area contributed by atoms with E-state index in [0.717, 1.165) is 22.0 Å². The van der Waals surface area contributed by atoms with Gasteiger partial charge >= 0.3 is 0 Å². The lowest BCUT2D eigenvalue weighted by Gasteiger charge is -2.08. The highest BCUT2D eigenvalue weighted by molar-refractivity contribution is 5.99. The molecular formula is C14H18N2O2. The monoisotopic (exact) mass is 246 g/mol. The average Bonchev–Trinajstić information content (AvgIpc) is 2.72. The molecular weight excluding hydrogens is 228 g/mol. The third kappa shape index (κ3) is 2.38. The Hall–Kier alpha value is -1.81. The minimum atomic E-state index is -0.244. The molecule has 0 radical (unpaired) electrons. The van der Waals surface area contributed by atoms with Crippen molar-refractivity contribution in [2.45, 2.75) is 26.8 Å². The number of fused-ring (bicyclic) bond motifs is 1. The van der Waals surface area contributed by atoms with Gasteiger partial charge in [-0.1, -0.05) is 6.07 Å². The van der Waals surface area contributed by atoms with Gasteiger partial charge in [0.1, 0.15) is 5.69 Å². The van der Waals surface area contributed by atoms with Crippen LogP contribution in [0.3, 0.4) is 0 Å². The Morgan fingerprint density at radius 3 is 2.78 bits per heavy atom. The van der Waals surface area contributed by atoms with Crippen molar-refractivity contribution in [3.05, 3.63) is 35.0 Å². The van der Waals surface area contributed by atoms with Gasteiger partial charge in [-0.25, -0.2) is 0 Å². The first-order valence-electron chi connectivity index (χ1n) is 6.03. The zero-order chi connectivity index (χ0) is 13.3. The number of aromatic nitrogens is 1. The van der Waals surface area contributed by atoms with Crippen LogP contribution < -0.4 is 5.32 Å². The van der Waals surface area contributed by atoms with E-state index in [1.807, 2.05) is 26.0 Å². The number of aliphatic hydroxyl groups excluding tert-OH is 1. The summed E-state index contributed by atoms with van der Waals surface area (Å²) < 4.78 is 0. The minimum absolute atomic E-state index is 0.0654. The third-order valence-corrected chi connectivity index (χ3v) is 2.99. The van der Waals surface area contributed by atoms with Crippen molar-refractivity contribution >= 4 is 16.8 Å². The number of aryl methyl sites for hydroxylation is 2. The van der Waals surface area contributed by atoms with Crippen molar-refractivity contribution in [1.82, 2.24) is 10.3 Å². The van der Waals surface area contributed by atoms with E-state index in [-0.39, 0.29) is 18.6 Å². The van der Waals surface area contributed by atoms with Gasteiger partial charge in [0, 0.05) is 16.9 Å². The van der Waals surface area contributed by atoms with E-state index in [9.17, 15) is 4.79 Å². The van der Waals surface area contributed by atoms with Gasteiger partial charge in [0.05, 0.1) is 6.61 Å². The van der Waals surface area contributed by atoms with Crippen LogP contribution in [0.15, 0.2) is 18.2 Å². The summed E-state index contributed by atoms with van der Waals surface area (Å²) in [5.41, 5.74) is 3.81. The lowest BCUT2D eigenvalue weighted by Crippen LogP contribution is -2.35. The molecule has 0 fully saturated rings. The maximum Gasteiger partial charge on any atom is 0.268 e. The second kappa shape index (κ2) is 4.82. The van der Waals surface area contributed by atoms with Crippen molar-refractivity contribution in [2.24, 2.45) is 0 Å². The topological polar surface area (TPSA) is 65.1 Å². The summed E-state index contributed by atoms with van der Waals surface area (Å²) in [5, 5.41) is 12.7. The van der Waals surface area contributed by atoms with E-state index >= 15 is 0 Å². The molecule has 1 unspecified atom stereocenters. The number of hydrogen-bond donors (Lipinski definition) is 3. The van der Waals surface area contributed by atoms with E-state index in [4.69, 9.17) is 5.11 Å². The predicted molar refractivity (Wildman–Crippen MR) is 71.8 cm³/mol. The summed E-state index contributed by atoms with van der Waals surface area (Å²) in [6.45, 7) is 5.75. The molecule has 3 N–H and O–H groups in total. The van der Waals surface area contributed by atoms with Crippen LogP contribution in [0.4, 0.5) is 0 Å². The smallest absolute Gasteiger partial charge is 0.268 e. The summed E-state index contributed by atoms with van der Waals surface area (Å²) in [6.07, 6.45) is 0. The molecule has 0 spiro atoms. The fraction of sp³-hybridized carbons (Fsp3) is 0.357. The lowest BCUT2D eigenvalue weighted by molar-refractivity contribution is 0.0918. The van der Waals surface area contributed by atoms with Crippen LogP contribution in [0, 0.1) is 13.8 Å². The number of hydrogen-bond acceptors (Lipinski definition) is 2. The number of carbonyl (C=O) groups excluding carboxylic acids is 1. The number of amides is 1. The first-order chi connectivity index (χ1) is 8.51. The van der Waals surface area contributed by atoms with Gasteiger partial charge in [0.2, 0.25) is 0 Å². The van der Waals surface area contributed by atoms with Crippen LogP contribution >= 0.6 is 0 Å². The van der Waals surface area contributed by atoms with Crippen LogP contribution in [0.1, 0.15) is 28.5 Å². The molecule has 1 heterocycles. The quantitative estimate of drug-likeness (QED) is 0.774. The molecule has 18 heavy (non-hydrogen) atoms. The summed E-state index contributed by atoms with van der Waals surface area (Å²) in [7, 11) is 0. The first kappa shape index (κ1) is 12.6. The molecule has 1 amide bonds. The van der Waals surface area contributed by atoms with Gasteiger partial charge in [-0.15, -0.1) is 0 Å². The Labute approximate surface area is 106 Å². The molecule has 2 aromatic rings. The van der Waals surface area contributed by atoms with Crippen molar-refractivity contribution in [1.29, 1.82) is 0 Å². The minimum Gasteiger partial charge on any atom is -0.394 e. The molecule has 1 aromatic carbocycles. The molecule has 1 atom stereocenters. The second-order valence-corrected chi connectivity index (χ2v) is 4.78. The van der Waals surface area contributed by atoms with Gasteiger partial charge < -0.3 is 15.4 Å². The summed E-state index contributed by atoms with van der Waals surface area (Å²) in [5.74, 6) is -0.190. The van der Waals surface area contributed by atoms with Crippen LogP contribution in [0.2, 0.25) is 0 Å². The Morgan fingerprint density at radius 1 is 1.39 bits per heavy atom. The van der Waals surface area contributed by atoms with Crippen LogP contribution in [0.25, 0.3) is 10.9 Å². The van der Waals surface area contributed by atoms with E-state index in [1.54, 1.807) is 6.92 Å². The molecule has 0 aliphatic heterocycles. The van der Waals surface area contributed by atoms with Crippen molar-refractivity contribution < 1.29 is 9.90 Å². The fourth-order valence-corrected chi connectivity index (χ4v) is 2.07. The first-order valence-corrected chi connectivity index (χ1v) is 6.03. The number of H-pyrrole nitrogens is 1. The molecule has 96 valence electrons. The van der Waals surface area contributed by atoms with Gasteiger partial charge in [-0.05, 0) is 44.0 Å². The molecule has 0 bridgehead atoms. The molecule has 0 aliphatic rings. The summed E-state index contributed by atoms with van der Waals surface area (Å²) >= 11 is 0. The zero-order valence-corrected chi connectivity index (χ0v) is 10.9. The van der Waals surface area contributed by atoms with Crippen LogP contribution in [0.5, 0.6) is 0 Å². The molecule has 0 saturated heterocycles. The Morgan fingerprint density at radius 2 is 2.11 bits per heavy atom. The normalized spacial score (nSPS) is 12.7. The maximum atomic E-state index is 11.9. The van der Waals surface area contributed by atoms with E-state index in [0.29, 0.717) is 5.69 Å². The largest absolute Gasteiger partial charge is 0.394 e. The number of aliphatic hydroxyl groups is 1. The lowest BCUT2D eigenvalue weighted by atomic mass is 10.1. The Bertz CT molecular complexity index is 587. The SMILES string of the molecule is Cc1cc(C)c2cc(C(=O)NC(C)CO)[nH]c2c1. The highest BCUT2D eigenvalue weighted by Crippen LogP contribution is 2.21. The van der Waals surface area contributed by atoms with Gasteiger partial charge in [-0.3, -0.25) is 4.79 Å². The molecule has 1 aromatic heterocycles. The zero-order valence-electron chi connectivity index (χ0n) is 10.9. The number of nitrogens with one attached hydrogen (secondary N) is 2. The standard InChI is InChI=1S/C14H18N2O2/c1-8-4-9(2)11-6-13(16-12(11)5-8)14(18)15-10(3)7-17/h4-6,10,16-17H,7H2,1-3H3,(H,15,18). The third-order valence-electron chi connectivity index (χ3n) is 2.99. The summed E-state index contributed by atoms with van der Waals surface area (Å²) in [6, 6.07) is 5.72. The van der Waals surface area contributed by atoms with Crippen LogP contribution in [-0.2, 0) is 0 Å². The van der Waals surface area contributed by atoms with Gasteiger partial charge in [-0.2, -0.15) is 0 Å². The molecule has 0 aliphatic carbocycles. The molecule has 4 nitrogen and oxygen atoms in total. The van der Waals surface area contributed by atoms with Crippen molar-refractivity contribution in [2.75, 3.05) is 6.61 Å². The Balaban J connectivity index is 2.35. The average molecular weight is 246 g/mol. The highest BCUT2D eigenvalue weighted by Gasteiger charge is 2.12. The number of rotatable bonds is 3. The van der Waals surface area contributed by atoms with E-state index in [1.165, 1.54) is 0 Å². The molecule has 2 rings (SSSR count). The molecule has 4 heteroatoms. The number of carbonyl (C=O) groups is 1. The van der Waals surface area contributed by atoms with Crippen molar-refractivity contribution in [3.63, 3.8) is 0 Å². The van der Waals surface area contributed by atoms with E-state index < -0.39 is 0 Å². The second-order valence-electron chi connectivity index (χ2n) is 4.78. The Kier molecular flexibility index (Phi) is 3.39. The van der Waals surface area contributed by atoms with Gasteiger partial charge in [0.15, 0.2) is 0 Å². The van der Waals surface area contributed by atoms with E-state index in [2.05, 4.69) is 16.4 Å². The van der Waals surface area contributed by atoms with Gasteiger partial charge in [0.25, 0.3) is 5.91 Å². The van der Waals surface area contributed by atoms with Crippen LogP contribution in [-0.4, -0.2) is 28.6 Å². The predicted octanol–water partition coefficient (Wildman–Crippen LogP) is 1.90. The maximum absolute atomic E-state index is 11.9. The highest BCUT2D eigenvalue weighted by atomic mass is 16.3. The fourth-order valence-electron chi connectivity index (χ4n) is 2.07. The summed E-state index contributed by atoms with van der Waals surface area (Å²) in [4.78, 5) is 15.0. The van der Waals surface area contributed by atoms with Crippen molar-refractivity contribution in [3.8, 4) is 0 Å². The number of benzene rings is 1. The number of aromatic amines is 1.